The molecule has 3 aromatic rings. The number of rotatable bonds is 10. The summed E-state index contributed by atoms with van der Waals surface area (Å²) in [6, 6.07) is 13.6. The highest BCUT2D eigenvalue weighted by Gasteiger charge is 2.23. The van der Waals surface area contributed by atoms with E-state index in [0.29, 0.717) is 39.9 Å². The van der Waals surface area contributed by atoms with E-state index < -0.39 is 12.1 Å². The largest absolute Gasteiger partial charge is 0.492 e. The lowest BCUT2D eigenvalue weighted by atomic mass is 10.1. The van der Waals surface area contributed by atoms with Crippen molar-refractivity contribution in [2.24, 2.45) is 0 Å². The van der Waals surface area contributed by atoms with E-state index in [9.17, 15) is 14.4 Å². The molecule has 9 heteroatoms. The van der Waals surface area contributed by atoms with Crippen molar-refractivity contribution in [2.75, 3.05) is 23.8 Å². The van der Waals surface area contributed by atoms with Gasteiger partial charge in [0.05, 0.1) is 24.5 Å². The molecule has 0 radical (unpaired) electrons. The van der Waals surface area contributed by atoms with Crippen molar-refractivity contribution in [1.29, 1.82) is 0 Å². The van der Waals surface area contributed by atoms with Crippen LogP contribution in [0.5, 0.6) is 11.5 Å². The molecule has 2 N–H and O–H groups in total. The standard InChI is InChI=1S/C27H30N2O6S/c1-6-33-22-11-9-8-10-21(22)28-24(30)17(4)35-20-14-12-19(13-15-20)25(31)29-26-23(27(32)34-7-2)16(3)18(5)36-26/h8-15,17H,6-7H2,1-5H3,(H,28,30)(H,29,31). The van der Waals surface area contributed by atoms with Crippen molar-refractivity contribution in [1.82, 2.24) is 0 Å². The zero-order valence-electron chi connectivity index (χ0n) is 21.0. The molecule has 0 aliphatic heterocycles. The molecule has 1 unspecified atom stereocenters. The predicted molar refractivity (Wildman–Crippen MR) is 140 cm³/mol. The summed E-state index contributed by atoms with van der Waals surface area (Å²) in [6.07, 6.45) is -0.788. The van der Waals surface area contributed by atoms with Crippen LogP contribution in [0.3, 0.4) is 0 Å². The Morgan fingerprint density at radius 2 is 1.64 bits per heavy atom. The fourth-order valence-electron chi connectivity index (χ4n) is 3.37. The monoisotopic (exact) mass is 510 g/mol. The minimum atomic E-state index is -0.788. The minimum Gasteiger partial charge on any atom is -0.492 e. The highest BCUT2D eigenvalue weighted by molar-refractivity contribution is 7.16. The number of carbonyl (C=O) groups excluding carboxylic acids is 3. The molecule has 1 aromatic heterocycles. The van der Waals surface area contributed by atoms with Gasteiger partial charge in [0, 0.05) is 10.4 Å². The van der Waals surface area contributed by atoms with Crippen LogP contribution in [-0.4, -0.2) is 37.1 Å². The highest BCUT2D eigenvalue weighted by Crippen LogP contribution is 2.33. The van der Waals surface area contributed by atoms with Gasteiger partial charge in [-0.3, -0.25) is 9.59 Å². The molecule has 0 bridgehead atoms. The lowest BCUT2D eigenvalue weighted by Crippen LogP contribution is -2.30. The average molecular weight is 511 g/mol. The highest BCUT2D eigenvalue weighted by atomic mass is 32.1. The second kappa shape index (κ2) is 12.2. The summed E-state index contributed by atoms with van der Waals surface area (Å²) >= 11 is 1.33. The Kier molecular flexibility index (Phi) is 9.08. The van der Waals surface area contributed by atoms with Gasteiger partial charge in [-0.05, 0) is 76.6 Å². The Bertz CT molecular complexity index is 1240. The molecule has 0 saturated heterocycles. The van der Waals surface area contributed by atoms with Gasteiger partial charge in [0.15, 0.2) is 6.10 Å². The lowest BCUT2D eigenvalue weighted by Gasteiger charge is -2.16. The smallest absolute Gasteiger partial charge is 0.341 e. The van der Waals surface area contributed by atoms with Crippen molar-refractivity contribution >= 4 is 39.8 Å². The Balaban J connectivity index is 1.64. The summed E-state index contributed by atoms with van der Waals surface area (Å²) in [4.78, 5) is 38.7. The molecule has 0 aliphatic rings. The van der Waals surface area contributed by atoms with Crippen LogP contribution >= 0.6 is 11.3 Å². The molecule has 190 valence electrons. The van der Waals surface area contributed by atoms with Gasteiger partial charge < -0.3 is 24.8 Å². The third-order valence-corrected chi connectivity index (χ3v) is 6.46. The summed E-state index contributed by atoms with van der Waals surface area (Å²) < 4.78 is 16.4. The van der Waals surface area contributed by atoms with Crippen LogP contribution in [0.25, 0.3) is 0 Å². The van der Waals surface area contributed by atoms with Crippen molar-refractivity contribution in [2.45, 2.75) is 40.7 Å². The number of benzene rings is 2. The number of nitrogens with one attached hydrogen (secondary N) is 2. The summed E-state index contributed by atoms with van der Waals surface area (Å²) in [6.45, 7) is 9.68. The van der Waals surface area contributed by atoms with Gasteiger partial charge in [-0.1, -0.05) is 12.1 Å². The van der Waals surface area contributed by atoms with E-state index in [2.05, 4.69) is 10.6 Å². The molecule has 2 amide bonds. The molecule has 3 rings (SSSR count). The lowest BCUT2D eigenvalue weighted by molar-refractivity contribution is -0.122. The Labute approximate surface area is 214 Å². The van der Waals surface area contributed by atoms with Crippen LogP contribution in [0.2, 0.25) is 0 Å². The van der Waals surface area contributed by atoms with Crippen molar-refractivity contribution in [3.05, 3.63) is 70.1 Å². The first-order valence-electron chi connectivity index (χ1n) is 11.6. The number of hydrogen-bond acceptors (Lipinski definition) is 7. The maximum atomic E-state index is 12.8. The molecule has 0 spiro atoms. The number of anilines is 2. The Morgan fingerprint density at radius 3 is 2.31 bits per heavy atom. The predicted octanol–water partition coefficient (Wildman–Crippen LogP) is 5.60. The third-order valence-electron chi connectivity index (χ3n) is 5.34. The maximum Gasteiger partial charge on any atom is 0.341 e. The van der Waals surface area contributed by atoms with E-state index in [0.717, 1.165) is 10.4 Å². The molecule has 36 heavy (non-hydrogen) atoms. The zero-order chi connectivity index (χ0) is 26.2. The van der Waals surface area contributed by atoms with E-state index in [1.165, 1.54) is 11.3 Å². The van der Waals surface area contributed by atoms with E-state index in [1.807, 2.05) is 32.9 Å². The van der Waals surface area contributed by atoms with E-state index in [4.69, 9.17) is 14.2 Å². The van der Waals surface area contributed by atoms with Gasteiger partial charge in [-0.2, -0.15) is 0 Å². The SMILES string of the molecule is CCOC(=O)c1c(NC(=O)c2ccc(OC(C)C(=O)Nc3ccccc3OCC)cc2)sc(C)c1C. The van der Waals surface area contributed by atoms with Crippen LogP contribution in [0.4, 0.5) is 10.7 Å². The second-order valence-electron chi connectivity index (χ2n) is 7.86. The molecule has 0 fully saturated rings. The fraction of sp³-hybridized carbons (Fsp3) is 0.296. The second-order valence-corrected chi connectivity index (χ2v) is 9.09. The van der Waals surface area contributed by atoms with Crippen LogP contribution in [-0.2, 0) is 9.53 Å². The number of aryl methyl sites for hydroxylation is 1. The summed E-state index contributed by atoms with van der Waals surface area (Å²) in [5.74, 6) is -0.152. The molecular formula is C27H30N2O6S. The number of para-hydroxylation sites is 2. The molecule has 8 nitrogen and oxygen atoms in total. The number of thiophene rings is 1. The van der Waals surface area contributed by atoms with Crippen LogP contribution in [0, 0.1) is 13.8 Å². The van der Waals surface area contributed by atoms with E-state index >= 15 is 0 Å². The molecule has 2 aromatic carbocycles. The number of ether oxygens (including phenoxy) is 3. The summed E-state index contributed by atoms with van der Waals surface area (Å²) in [7, 11) is 0. The van der Waals surface area contributed by atoms with Gasteiger partial charge in [-0.25, -0.2) is 4.79 Å². The first-order chi connectivity index (χ1) is 17.2. The van der Waals surface area contributed by atoms with E-state index in [-0.39, 0.29) is 18.4 Å². The third kappa shape index (κ3) is 6.42. The number of amides is 2. The number of hydrogen-bond donors (Lipinski definition) is 2. The molecule has 1 heterocycles. The summed E-state index contributed by atoms with van der Waals surface area (Å²) in [5.41, 5.74) is 2.10. The first-order valence-corrected chi connectivity index (χ1v) is 12.4. The van der Waals surface area contributed by atoms with E-state index in [1.54, 1.807) is 50.2 Å². The number of carbonyl (C=O) groups is 3. The quantitative estimate of drug-likeness (QED) is 0.344. The Hall–Kier alpha value is -3.85. The van der Waals surface area contributed by atoms with Crippen molar-refractivity contribution < 1.29 is 28.6 Å². The molecule has 0 aliphatic carbocycles. The number of esters is 1. The van der Waals surface area contributed by atoms with Gasteiger partial charge in [0.1, 0.15) is 16.5 Å². The Morgan fingerprint density at radius 1 is 0.944 bits per heavy atom. The molecular weight excluding hydrogens is 480 g/mol. The minimum absolute atomic E-state index is 0.248. The molecule has 1 atom stereocenters. The maximum absolute atomic E-state index is 12.8. The average Bonchev–Trinajstić information content (AvgIpc) is 3.13. The van der Waals surface area contributed by atoms with Crippen LogP contribution in [0.15, 0.2) is 48.5 Å². The first kappa shape index (κ1) is 26.7. The van der Waals surface area contributed by atoms with Crippen molar-refractivity contribution in [3.63, 3.8) is 0 Å². The fourth-order valence-corrected chi connectivity index (χ4v) is 4.41. The van der Waals surface area contributed by atoms with Gasteiger partial charge >= 0.3 is 5.97 Å². The molecule has 0 saturated carbocycles. The zero-order valence-corrected chi connectivity index (χ0v) is 21.8. The normalized spacial score (nSPS) is 11.4. The van der Waals surface area contributed by atoms with Gasteiger partial charge in [-0.15, -0.1) is 11.3 Å². The van der Waals surface area contributed by atoms with Crippen molar-refractivity contribution in [3.8, 4) is 11.5 Å². The van der Waals surface area contributed by atoms with Crippen LogP contribution < -0.4 is 20.1 Å². The van der Waals surface area contributed by atoms with Gasteiger partial charge in [0.25, 0.3) is 11.8 Å². The topological polar surface area (TPSA) is 103 Å². The van der Waals surface area contributed by atoms with Gasteiger partial charge in [0.2, 0.25) is 0 Å². The van der Waals surface area contributed by atoms with Crippen LogP contribution in [0.1, 0.15) is 51.9 Å². The summed E-state index contributed by atoms with van der Waals surface area (Å²) in [5, 5.41) is 6.07.